The summed E-state index contributed by atoms with van der Waals surface area (Å²) in [5, 5.41) is 2.88. The van der Waals surface area contributed by atoms with Crippen molar-refractivity contribution < 1.29 is 9.53 Å². The Morgan fingerprint density at radius 1 is 1.20 bits per heavy atom. The topological polar surface area (TPSA) is 64.3 Å². The lowest BCUT2D eigenvalue weighted by Gasteiger charge is -2.24. The molecule has 0 aliphatic heterocycles. The molecule has 0 aliphatic carbocycles. The van der Waals surface area contributed by atoms with Gasteiger partial charge in [0.05, 0.1) is 12.0 Å². The van der Waals surface area contributed by atoms with Crippen molar-refractivity contribution in [3.05, 3.63) is 29.8 Å². The van der Waals surface area contributed by atoms with E-state index < -0.39 is 5.60 Å². The van der Waals surface area contributed by atoms with Crippen molar-refractivity contribution in [1.82, 2.24) is 0 Å². The first kappa shape index (κ1) is 16.7. The van der Waals surface area contributed by atoms with Gasteiger partial charge in [-0.3, -0.25) is 4.79 Å². The van der Waals surface area contributed by atoms with Gasteiger partial charge in [-0.15, -0.1) is 0 Å². The average Bonchev–Trinajstić information content (AvgIpc) is 2.38. The minimum absolute atomic E-state index is 0.0531. The summed E-state index contributed by atoms with van der Waals surface area (Å²) >= 11 is 0. The molecule has 4 heteroatoms. The van der Waals surface area contributed by atoms with E-state index in [1.54, 1.807) is 7.11 Å². The van der Waals surface area contributed by atoms with Gasteiger partial charge in [-0.2, -0.15) is 0 Å². The quantitative estimate of drug-likeness (QED) is 0.841. The molecule has 0 aromatic heterocycles. The number of rotatable bonds is 6. The second kappa shape index (κ2) is 6.37. The number of carbonyl (C=O) groups excluding carboxylic acids is 1. The third-order valence-corrected chi connectivity index (χ3v) is 3.60. The van der Waals surface area contributed by atoms with Gasteiger partial charge >= 0.3 is 0 Å². The molecule has 4 nitrogen and oxygen atoms in total. The predicted molar refractivity (Wildman–Crippen MR) is 82.9 cm³/mol. The van der Waals surface area contributed by atoms with E-state index in [1.807, 2.05) is 38.1 Å². The Kier molecular flexibility index (Phi) is 5.31. The molecular formula is C16H26N2O2. The number of carbonyl (C=O) groups is 1. The molecule has 0 heterocycles. The minimum Gasteiger partial charge on any atom is -0.378 e. The molecule has 0 aliphatic rings. The Morgan fingerprint density at radius 2 is 1.75 bits per heavy atom. The Bertz CT molecular complexity index is 450. The smallest absolute Gasteiger partial charge is 0.227 e. The molecule has 20 heavy (non-hydrogen) atoms. The molecule has 1 rings (SSSR count). The molecule has 0 fully saturated rings. The largest absolute Gasteiger partial charge is 0.378 e. The maximum Gasteiger partial charge on any atom is 0.227 e. The van der Waals surface area contributed by atoms with Crippen LogP contribution in [0.5, 0.6) is 0 Å². The zero-order valence-corrected chi connectivity index (χ0v) is 13.1. The molecule has 0 bridgehead atoms. The molecular weight excluding hydrogens is 252 g/mol. The summed E-state index contributed by atoms with van der Waals surface area (Å²) in [5.74, 6) is -0.0531. The van der Waals surface area contributed by atoms with E-state index in [-0.39, 0.29) is 11.3 Å². The van der Waals surface area contributed by atoms with Crippen LogP contribution in [0.25, 0.3) is 0 Å². The SMILES string of the molecule is COC(C)(C)CC(=O)Nc1ccc(C(C)(C)CN)cc1. The predicted octanol–water partition coefficient (Wildman–Crippen LogP) is 2.68. The minimum atomic E-state index is -0.453. The lowest BCUT2D eigenvalue weighted by atomic mass is 9.85. The van der Waals surface area contributed by atoms with Crippen molar-refractivity contribution in [3.63, 3.8) is 0 Å². The highest BCUT2D eigenvalue weighted by molar-refractivity contribution is 5.91. The van der Waals surface area contributed by atoms with Gasteiger partial charge in [0.25, 0.3) is 0 Å². The van der Waals surface area contributed by atoms with E-state index in [4.69, 9.17) is 10.5 Å². The van der Waals surface area contributed by atoms with E-state index in [9.17, 15) is 4.79 Å². The monoisotopic (exact) mass is 278 g/mol. The fourth-order valence-electron chi connectivity index (χ4n) is 1.79. The van der Waals surface area contributed by atoms with Crippen molar-refractivity contribution in [2.45, 2.75) is 45.1 Å². The van der Waals surface area contributed by atoms with Gasteiger partial charge in [0, 0.05) is 24.8 Å². The van der Waals surface area contributed by atoms with Gasteiger partial charge in [-0.05, 0) is 31.5 Å². The van der Waals surface area contributed by atoms with Crippen molar-refractivity contribution in [3.8, 4) is 0 Å². The fraction of sp³-hybridized carbons (Fsp3) is 0.562. The molecule has 0 radical (unpaired) electrons. The summed E-state index contributed by atoms with van der Waals surface area (Å²) in [6.45, 7) is 8.56. The lowest BCUT2D eigenvalue weighted by molar-refractivity contribution is -0.121. The summed E-state index contributed by atoms with van der Waals surface area (Å²) in [7, 11) is 1.61. The third-order valence-electron chi connectivity index (χ3n) is 3.60. The molecule has 1 amide bonds. The number of hydrogen-bond acceptors (Lipinski definition) is 3. The molecule has 0 saturated carbocycles. The average molecular weight is 278 g/mol. The zero-order chi connectivity index (χ0) is 15.4. The number of hydrogen-bond donors (Lipinski definition) is 2. The second-order valence-corrected chi connectivity index (χ2v) is 6.35. The number of amides is 1. The van der Waals surface area contributed by atoms with E-state index in [1.165, 1.54) is 0 Å². The van der Waals surface area contributed by atoms with Crippen LogP contribution in [0, 0.1) is 0 Å². The summed E-state index contributed by atoms with van der Waals surface area (Å²) in [6, 6.07) is 7.82. The van der Waals surface area contributed by atoms with Crippen LogP contribution in [0.2, 0.25) is 0 Å². The summed E-state index contributed by atoms with van der Waals surface area (Å²) in [5.41, 5.74) is 7.20. The highest BCUT2D eigenvalue weighted by Crippen LogP contribution is 2.23. The maximum absolute atomic E-state index is 11.9. The third kappa shape index (κ3) is 4.62. The zero-order valence-electron chi connectivity index (χ0n) is 13.1. The number of ether oxygens (including phenoxy) is 1. The van der Waals surface area contributed by atoms with Gasteiger partial charge in [0.15, 0.2) is 0 Å². The number of anilines is 1. The molecule has 1 aromatic carbocycles. The molecule has 1 aromatic rings. The van der Waals surface area contributed by atoms with Crippen molar-refractivity contribution in [1.29, 1.82) is 0 Å². The molecule has 0 saturated heterocycles. The van der Waals surface area contributed by atoms with Crippen molar-refractivity contribution in [2.24, 2.45) is 5.73 Å². The van der Waals surface area contributed by atoms with E-state index in [0.29, 0.717) is 13.0 Å². The van der Waals surface area contributed by atoms with Crippen LogP contribution in [-0.2, 0) is 14.9 Å². The van der Waals surface area contributed by atoms with E-state index in [0.717, 1.165) is 11.3 Å². The van der Waals surface area contributed by atoms with Gasteiger partial charge in [-0.25, -0.2) is 0 Å². The molecule has 0 atom stereocenters. The number of benzene rings is 1. The van der Waals surface area contributed by atoms with Gasteiger partial charge in [0.1, 0.15) is 0 Å². The van der Waals surface area contributed by atoms with Crippen molar-refractivity contribution >= 4 is 11.6 Å². The second-order valence-electron chi connectivity index (χ2n) is 6.35. The Morgan fingerprint density at radius 3 is 2.20 bits per heavy atom. The van der Waals surface area contributed by atoms with Crippen LogP contribution < -0.4 is 11.1 Å². The summed E-state index contributed by atoms with van der Waals surface area (Å²) in [4.78, 5) is 11.9. The number of nitrogens with one attached hydrogen (secondary N) is 1. The van der Waals surface area contributed by atoms with Crippen LogP contribution in [0.15, 0.2) is 24.3 Å². The van der Waals surface area contributed by atoms with E-state index in [2.05, 4.69) is 19.2 Å². The summed E-state index contributed by atoms with van der Waals surface area (Å²) < 4.78 is 5.25. The van der Waals surface area contributed by atoms with E-state index >= 15 is 0 Å². The molecule has 3 N–H and O–H groups in total. The molecule has 0 unspecified atom stereocenters. The van der Waals surface area contributed by atoms with Crippen LogP contribution in [0.3, 0.4) is 0 Å². The summed E-state index contributed by atoms with van der Waals surface area (Å²) in [6.07, 6.45) is 0.319. The first-order chi connectivity index (χ1) is 9.20. The van der Waals surface area contributed by atoms with Crippen LogP contribution in [-0.4, -0.2) is 25.2 Å². The Hall–Kier alpha value is -1.39. The number of nitrogens with two attached hydrogens (primary N) is 1. The first-order valence-corrected chi connectivity index (χ1v) is 6.86. The van der Waals surface area contributed by atoms with Gasteiger partial charge in [-0.1, -0.05) is 26.0 Å². The number of methoxy groups -OCH3 is 1. The molecule has 0 spiro atoms. The van der Waals surface area contributed by atoms with Gasteiger partial charge in [0.2, 0.25) is 5.91 Å². The molecule has 112 valence electrons. The normalized spacial score (nSPS) is 12.3. The highest BCUT2D eigenvalue weighted by Gasteiger charge is 2.21. The van der Waals surface area contributed by atoms with Crippen LogP contribution in [0.1, 0.15) is 39.7 Å². The lowest BCUT2D eigenvalue weighted by Crippen LogP contribution is -2.29. The highest BCUT2D eigenvalue weighted by atomic mass is 16.5. The fourth-order valence-corrected chi connectivity index (χ4v) is 1.79. The standard InChI is InChI=1S/C16H26N2O2/c1-15(2,11-17)12-6-8-13(9-7-12)18-14(19)10-16(3,4)20-5/h6-9H,10-11,17H2,1-5H3,(H,18,19). The van der Waals surface area contributed by atoms with Gasteiger partial charge < -0.3 is 15.8 Å². The first-order valence-electron chi connectivity index (χ1n) is 6.86. The van der Waals surface area contributed by atoms with Crippen LogP contribution >= 0.6 is 0 Å². The van der Waals surface area contributed by atoms with Crippen LogP contribution in [0.4, 0.5) is 5.69 Å². The Balaban J connectivity index is 2.69. The van der Waals surface area contributed by atoms with Crippen molar-refractivity contribution in [2.75, 3.05) is 19.0 Å². The Labute approximate surface area is 121 Å². The maximum atomic E-state index is 11.9.